The third kappa shape index (κ3) is 2.91. The average molecular weight is 292 g/mol. The summed E-state index contributed by atoms with van der Waals surface area (Å²) in [4.78, 5) is 11.5. The van der Waals surface area contributed by atoms with Gasteiger partial charge in [0.1, 0.15) is 6.20 Å². The molecule has 0 spiro atoms. The summed E-state index contributed by atoms with van der Waals surface area (Å²) in [6, 6.07) is 4.99. The molecule has 1 heterocycles. The number of ether oxygens (including phenoxy) is 1. The molecule has 0 bridgehead atoms. The van der Waals surface area contributed by atoms with Crippen molar-refractivity contribution in [2.45, 2.75) is 6.92 Å². The molecule has 7 nitrogen and oxygen atoms in total. The number of benzene rings is 1. The zero-order valence-electron chi connectivity index (χ0n) is 10.6. The molecule has 2 aromatic rings. The third-order valence-electron chi connectivity index (χ3n) is 2.38. The number of aromatic hydroxyl groups is 1. The Balaban J connectivity index is 2.40. The Kier molecular flexibility index (Phi) is 4.26. The van der Waals surface area contributed by atoms with Crippen LogP contribution in [-0.2, 0) is 0 Å². The van der Waals surface area contributed by atoms with Crippen LogP contribution in [0.3, 0.4) is 0 Å². The number of rotatable bonds is 4. The van der Waals surface area contributed by atoms with Gasteiger partial charge in [0.05, 0.1) is 12.8 Å². The molecule has 0 aliphatic heterocycles. The number of nitrogens with zero attached hydrogens (tertiary/aromatic N) is 3. The molecule has 2 N–H and O–H groups in total. The van der Waals surface area contributed by atoms with Crippen molar-refractivity contribution in [1.82, 2.24) is 14.9 Å². The molecule has 0 amide bonds. The van der Waals surface area contributed by atoms with E-state index in [0.29, 0.717) is 17.9 Å². The van der Waals surface area contributed by atoms with Gasteiger partial charge in [-0.15, -0.1) is 0 Å². The average Bonchev–Trinajstić information content (AvgIpc) is 2.42. The maximum Gasteiger partial charge on any atom is 0.293 e. The van der Waals surface area contributed by atoms with E-state index in [0.717, 1.165) is 10.9 Å². The Morgan fingerprint density at radius 2 is 2.40 bits per heavy atom. The van der Waals surface area contributed by atoms with E-state index in [1.165, 1.54) is 6.21 Å². The minimum Gasteiger partial charge on any atom is -0.504 e. The molecule has 0 unspecified atom stereocenters. The number of aromatic amines is 1. The Bertz CT molecular complexity index is 723. The number of hydrogen-bond acceptors (Lipinski definition) is 6. The Morgan fingerprint density at radius 1 is 1.60 bits per heavy atom. The minimum absolute atomic E-state index is 0.0462. The van der Waals surface area contributed by atoms with E-state index in [-0.39, 0.29) is 10.5 Å². The SMILES string of the molecule is CCOc1cccc(/C=N\n2c(=O)cn[nH]c2=S)c1O. The highest BCUT2D eigenvalue weighted by atomic mass is 32.1. The quantitative estimate of drug-likeness (QED) is 0.654. The van der Waals surface area contributed by atoms with Gasteiger partial charge < -0.3 is 9.84 Å². The molecular weight excluding hydrogens is 280 g/mol. The molecule has 1 aromatic carbocycles. The van der Waals surface area contributed by atoms with Crippen LogP contribution in [0.1, 0.15) is 12.5 Å². The highest BCUT2D eigenvalue weighted by Crippen LogP contribution is 2.28. The van der Waals surface area contributed by atoms with Crippen molar-refractivity contribution in [2.75, 3.05) is 6.61 Å². The monoisotopic (exact) mass is 292 g/mol. The molecule has 0 aliphatic rings. The Hall–Kier alpha value is -2.48. The first kappa shape index (κ1) is 13.9. The van der Waals surface area contributed by atoms with Crippen LogP contribution in [0.5, 0.6) is 11.5 Å². The van der Waals surface area contributed by atoms with Gasteiger partial charge >= 0.3 is 0 Å². The number of phenolic OH excluding ortho intramolecular Hbond substituents is 1. The number of aromatic nitrogens is 3. The van der Waals surface area contributed by atoms with Crippen molar-refractivity contribution >= 4 is 18.4 Å². The third-order valence-corrected chi connectivity index (χ3v) is 2.64. The van der Waals surface area contributed by atoms with Crippen LogP contribution < -0.4 is 10.3 Å². The first-order valence-electron chi connectivity index (χ1n) is 5.79. The van der Waals surface area contributed by atoms with Gasteiger partial charge in [-0.3, -0.25) is 9.89 Å². The van der Waals surface area contributed by atoms with Gasteiger partial charge in [0.2, 0.25) is 4.77 Å². The van der Waals surface area contributed by atoms with Crippen LogP contribution in [-0.4, -0.2) is 32.8 Å². The van der Waals surface area contributed by atoms with Crippen LogP contribution in [0, 0.1) is 4.77 Å². The van der Waals surface area contributed by atoms with Crippen molar-refractivity contribution < 1.29 is 9.84 Å². The summed E-state index contributed by atoms with van der Waals surface area (Å²) in [5.74, 6) is 0.304. The lowest BCUT2D eigenvalue weighted by Gasteiger charge is -2.07. The molecule has 0 saturated carbocycles. The summed E-state index contributed by atoms with van der Waals surface area (Å²) < 4.78 is 6.29. The van der Waals surface area contributed by atoms with E-state index < -0.39 is 5.56 Å². The van der Waals surface area contributed by atoms with E-state index in [1.54, 1.807) is 18.2 Å². The summed E-state index contributed by atoms with van der Waals surface area (Å²) in [6.45, 7) is 2.25. The van der Waals surface area contributed by atoms with Crippen molar-refractivity contribution in [3.8, 4) is 11.5 Å². The fraction of sp³-hybridized carbons (Fsp3) is 0.167. The van der Waals surface area contributed by atoms with Gasteiger partial charge in [0, 0.05) is 5.56 Å². The van der Waals surface area contributed by atoms with Gasteiger partial charge in [-0.2, -0.15) is 14.9 Å². The molecule has 1 aromatic heterocycles. The van der Waals surface area contributed by atoms with Crippen molar-refractivity contribution in [3.05, 3.63) is 45.1 Å². The summed E-state index contributed by atoms with van der Waals surface area (Å²) >= 11 is 4.90. The fourth-order valence-electron chi connectivity index (χ4n) is 1.49. The molecule has 20 heavy (non-hydrogen) atoms. The predicted octanol–water partition coefficient (Wildman–Crippen LogP) is 1.29. The van der Waals surface area contributed by atoms with Crippen LogP contribution in [0.25, 0.3) is 0 Å². The number of nitrogens with one attached hydrogen (secondary N) is 1. The molecule has 0 saturated heterocycles. The van der Waals surface area contributed by atoms with E-state index in [1.807, 2.05) is 6.92 Å². The molecular formula is C12H12N4O3S. The second-order valence-electron chi connectivity index (χ2n) is 3.70. The smallest absolute Gasteiger partial charge is 0.293 e. The number of hydrogen-bond donors (Lipinski definition) is 2. The predicted molar refractivity (Wildman–Crippen MR) is 75.9 cm³/mol. The van der Waals surface area contributed by atoms with Crippen LogP contribution in [0.15, 0.2) is 34.3 Å². The minimum atomic E-state index is -0.467. The zero-order chi connectivity index (χ0) is 14.5. The zero-order valence-corrected chi connectivity index (χ0v) is 11.4. The van der Waals surface area contributed by atoms with Crippen molar-refractivity contribution in [2.24, 2.45) is 5.10 Å². The van der Waals surface area contributed by atoms with Crippen LogP contribution in [0.4, 0.5) is 0 Å². The standard InChI is InChI=1S/C12H12N4O3S/c1-2-19-9-5-3-4-8(11(9)18)6-14-16-10(17)7-13-15-12(16)20/h3-7,18H,2H2,1H3,(H,15,20)/b14-6-. The number of phenols is 1. The molecule has 0 radical (unpaired) electrons. The number of para-hydroxylation sites is 1. The fourth-order valence-corrected chi connectivity index (χ4v) is 1.68. The molecule has 104 valence electrons. The lowest BCUT2D eigenvalue weighted by molar-refractivity contribution is 0.318. The summed E-state index contributed by atoms with van der Waals surface area (Å²) in [5.41, 5.74) is -0.0560. The normalized spacial score (nSPS) is 10.8. The highest BCUT2D eigenvalue weighted by molar-refractivity contribution is 7.71. The lowest BCUT2D eigenvalue weighted by Crippen LogP contribution is -2.18. The maximum atomic E-state index is 11.5. The van der Waals surface area contributed by atoms with Gasteiger partial charge in [-0.25, -0.2) is 0 Å². The van der Waals surface area contributed by atoms with Crippen LogP contribution >= 0.6 is 12.2 Å². The maximum absolute atomic E-state index is 11.5. The summed E-state index contributed by atoms with van der Waals surface area (Å²) in [5, 5.41) is 19.9. The molecule has 8 heteroatoms. The second kappa shape index (κ2) is 6.11. The summed E-state index contributed by atoms with van der Waals surface area (Å²) in [7, 11) is 0. The van der Waals surface area contributed by atoms with Gasteiger partial charge in [0.25, 0.3) is 5.56 Å². The van der Waals surface area contributed by atoms with E-state index >= 15 is 0 Å². The van der Waals surface area contributed by atoms with Crippen LogP contribution in [0.2, 0.25) is 0 Å². The lowest BCUT2D eigenvalue weighted by atomic mass is 10.2. The summed E-state index contributed by atoms with van der Waals surface area (Å²) in [6.07, 6.45) is 2.38. The largest absolute Gasteiger partial charge is 0.504 e. The van der Waals surface area contributed by atoms with Gasteiger partial charge in [-0.1, -0.05) is 6.07 Å². The number of H-pyrrole nitrogens is 1. The first-order chi connectivity index (χ1) is 9.63. The first-order valence-corrected chi connectivity index (χ1v) is 6.20. The molecule has 0 atom stereocenters. The Labute approximate surface area is 119 Å². The van der Waals surface area contributed by atoms with E-state index in [2.05, 4.69) is 15.3 Å². The molecule has 0 fully saturated rings. The van der Waals surface area contributed by atoms with E-state index in [9.17, 15) is 9.90 Å². The highest BCUT2D eigenvalue weighted by Gasteiger charge is 2.06. The topological polar surface area (TPSA) is 92.5 Å². The van der Waals surface area contributed by atoms with Crippen molar-refractivity contribution in [3.63, 3.8) is 0 Å². The Morgan fingerprint density at radius 3 is 3.10 bits per heavy atom. The van der Waals surface area contributed by atoms with E-state index in [4.69, 9.17) is 17.0 Å². The molecule has 0 aliphatic carbocycles. The van der Waals surface area contributed by atoms with Gasteiger partial charge in [0.15, 0.2) is 11.5 Å². The van der Waals surface area contributed by atoms with Crippen molar-refractivity contribution in [1.29, 1.82) is 0 Å². The second-order valence-corrected chi connectivity index (χ2v) is 4.08. The molecule has 2 rings (SSSR count). The van der Waals surface area contributed by atoms with Gasteiger partial charge in [-0.05, 0) is 31.3 Å².